The van der Waals surface area contributed by atoms with E-state index in [2.05, 4.69) is 24.7 Å². The van der Waals surface area contributed by atoms with E-state index >= 15 is 0 Å². The van der Waals surface area contributed by atoms with Crippen LogP contribution in [0.5, 0.6) is 0 Å². The summed E-state index contributed by atoms with van der Waals surface area (Å²) in [6.45, 7) is 0.303. The fourth-order valence-electron chi connectivity index (χ4n) is 4.33. The summed E-state index contributed by atoms with van der Waals surface area (Å²) in [7, 11) is -3.54. The second-order valence-corrected chi connectivity index (χ2v) is 11.7. The van der Waals surface area contributed by atoms with Gasteiger partial charge in [-0.05, 0) is 31.4 Å². The number of carbonyl (C=O) groups excluding carboxylic acids is 1. The van der Waals surface area contributed by atoms with Crippen molar-refractivity contribution < 1.29 is 31.1 Å². The first kappa shape index (κ1) is 25.5. The second-order valence-electron chi connectivity index (χ2n) is 8.86. The van der Waals surface area contributed by atoms with Crippen LogP contribution in [0, 0.1) is 0 Å². The van der Waals surface area contributed by atoms with Crippen molar-refractivity contribution >= 4 is 32.4 Å². The molecule has 1 amide bonds. The summed E-state index contributed by atoms with van der Waals surface area (Å²) in [5.74, 6) is -1.34. The number of halogens is 3. The van der Waals surface area contributed by atoms with Crippen LogP contribution in [0.15, 0.2) is 36.1 Å². The van der Waals surface area contributed by atoms with Gasteiger partial charge in [-0.25, -0.2) is 18.4 Å². The monoisotopic (exact) mass is 554 g/mol. The van der Waals surface area contributed by atoms with Gasteiger partial charge in [0.2, 0.25) is 15.9 Å². The minimum Gasteiger partial charge on any atom is -0.381 e. The fraction of sp³-hybridized carbons (Fsp3) is 0.409. The van der Waals surface area contributed by atoms with Crippen LogP contribution in [0.3, 0.4) is 0 Å². The minimum atomic E-state index is -4.64. The third kappa shape index (κ3) is 4.90. The Bertz CT molecular complexity index is 1430. The highest BCUT2D eigenvalue weighted by Gasteiger charge is 2.51. The molecule has 1 aliphatic carbocycles. The number of amides is 1. The predicted molar refractivity (Wildman–Crippen MR) is 127 cm³/mol. The highest BCUT2D eigenvalue weighted by Crippen LogP contribution is 2.45. The van der Waals surface area contributed by atoms with E-state index in [9.17, 15) is 26.4 Å². The number of nitrogens with one attached hydrogen (secondary N) is 1. The first-order chi connectivity index (χ1) is 17.5. The molecule has 0 radical (unpaired) electrons. The maximum atomic E-state index is 13.0. The van der Waals surface area contributed by atoms with Gasteiger partial charge in [0.25, 0.3) is 0 Å². The summed E-state index contributed by atoms with van der Waals surface area (Å²) in [6.07, 6.45) is -0.0974. The predicted octanol–water partition coefficient (Wildman–Crippen LogP) is 2.85. The Morgan fingerprint density at radius 3 is 2.62 bits per heavy atom. The zero-order valence-electron chi connectivity index (χ0n) is 19.1. The summed E-state index contributed by atoms with van der Waals surface area (Å²) < 4.78 is 71.9. The Hall–Kier alpha value is -3.17. The number of anilines is 1. The highest BCUT2D eigenvalue weighted by molar-refractivity contribution is 7.93. The van der Waals surface area contributed by atoms with Crippen molar-refractivity contribution in [3.8, 4) is 11.3 Å². The van der Waals surface area contributed by atoms with Crippen LogP contribution in [-0.2, 0) is 31.1 Å². The average molecular weight is 555 g/mol. The number of pyridine rings is 1. The molecule has 2 unspecified atom stereocenters. The number of sulfonamides is 1. The molecule has 2 aliphatic rings. The lowest BCUT2D eigenvalue weighted by Crippen LogP contribution is -2.51. The first-order valence-electron chi connectivity index (χ1n) is 11.2. The lowest BCUT2D eigenvalue weighted by Gasteiger charge is -2.40. The molecule has 2 atom stereocenters. The molecule has 1 saturated carbocycles. The Kier molecular flexibility index (Phi) is 6.40. The fourth-order valence-corrected chi connectivity index (χ4v) is 6.72. The van der Waals surface area contributed by atoms with Crippen LogP contribution < -0.4 is 10.5 Å². The molecule has 1 aliphatic heterocycles. The smallest absolute Gasteiger partial charge is 0.381 e. The number of carbonyl (C=O) groups is 1. The van der Waals surface area contributed by atoms with E-state index in [0.29, 0.717) is 36.0 Å². The SMILES string of the molecule is NC(=O)C1(c2csc(NS(=O)(=O)C3CC3)n2)CCOCC1c1ccc(-c2cncc(C(F)(F)F)n2)cn1. The van der Waals surface area contributed by atoms with Gasteiger partial charge >= 0.3 is 6.18 Å². The van der Waals surface area contributed by atoms with E-state index in [1.165, 1.54) is 18.5 Å². The number of thiazole rings is 1. The van der Waals surface area contributed by atoms with Gasteiger partial charge in [0, 0.05) is 35.4 Å². The standard InChI is InChI=1S/C22H21F3N6O4S2/c23-22(24,25)17-9-27-8-16(29-17)12-1-4-15(28-7-12)14-10-35-6-5-21(14,19(26)32)18-11-36-20(30-18)31-37(33,34)13-2-3-13/h1,4,7-9,11,13-14H,2-3,5-6,10H2,(H2,26,32)(H,30,31). The number of rotatable bonds is 7. The molecule has 3 aromatic heterocycles. The van der Waals surface area contributed by atoms with Gasteiger partial charge in [0.1, 0.15) is 5.41 Å². The molecule has 4 heterocycles. The van der Waals surface area contributed by atoms with Crippen LogP contribution in [0.2, 0.25) is 0 Å². The van der Waals surface area contributed by atoms with Gasteiger partial charge < -0.3 is 10.5 Å². The molecule has 0 aromatic carbocycles. The van der Waals surface area contributed by atoms with E-state index in [-0.39, 0.29) is 30.5 Å². The van der Waals surface area contributed by atoms with E-state index in [1.54, 1.807) is 11.4 Å². The van der Waals surface area contributed by atoms with Crippen LogP contribution in [0.1, 0.15) is 42.3 Å². The molecule has 196 valence electrons. The molecule has 0 bridgehead atoms. The molecular formula is C22H21F3N6O4S2. The minimum absolute atomic E-state index is 0.0120. The van der Waals surface area contributed by atoms with Crippen molar-refractivity contribution in [1.82, 2.24) is 19.9 Å². The molecule has 2 fully saturated rings. The second kappa shape index (κ2) is 9.29. The summed E-state index contributed by atoms with van der Waals surface area (Å²) in [5.41, 5.74) is 4.46. The van der Waals surface area contributed by atoms with Gasteiger partial charge in [-0.3, -0.25) is 19.5 Å². The van der Waals surface area contributed by atoms with Gasteiger partial charge in [-0.15, -0.1) is 11.3 Å². The molecule has 15 heteroatoms. The Balaban J connectivity index is 1.47. The van der Waals surface area contributed by atoms with Gasteiger partial charge in [-0.2, -0.15) is 13.2 Å². The van der Waals surface area contributed by atoms with Crippen LogP contribution in [-0.4, -0.2) is 52.7 Å². The van der Waals surface area contributed by atoms with Gasteiger partial charge in [0.15, 0.2) is 10.8 Å². The molecule has 37 heavy (non-hydrogen) atoms. The maximum absolute atomic E-state index is 13.0. The summed E-state index contributed by atoms with van der Waals surface area (Å²) in [5, 5.41) is 1.30. The number of nitrogens with zero attached hydrogens (tertiary/aromatic N) is 4. The topological polar surface area (TPSA) is 150 Å². The number of ether oxygens (including phenoxy) is 1. The number of primary amides is 1. The van der Waals surface area contributed by atoms with Gasteiger partial charge in [-0.1, -0.05) is 0 Å². The third-order valence-electron chi connectivity index (χ3n) is 6.48. The molecule has 3 N–H and O–H groups in total. The number of hydrogen-bond donors (Lipinski definition) is 2. The van der Waals surface area contributed by atoms with Crippen molar-refractivity contribution in [2.75, 3.05) is 17.9 Å². The molecule has 5 rings (SSSR count). The zero-order chi connectivity index (χ0) is 26.4. The Morgan fingerprint density at radius 1 is 1.19 bits per heavy atom. The number of alkyl halides is 3. The van der Waals surface area contributed by atoms with E-state index in [0.717, 1.165) is 11.3 Å². The van der Waals surface area contributed by atoms with E-state index < -0.39 is 44.4 Å². The average Bonchev–Trinajstić information content (AvgIpc) is 3.64. The lowest BCUT2D eigenvalue weighted by atomic mass is 9.67. The summed E-state index contributed by atoms with van der Waals surface area (Å²) >= 11 is 1.05. The largest absolute Gasteiger partial charge is 0.434 e. The normalized spacial score (nSPS) is 22.5. The zero-order valence-corrected chi connectivity index (χ0v) is 20.7. The maximum Gasteiger partial charge on any atom is 0.434 e. The van der Waals surface area contributed by atoms with Crippen molar-refractivity contribution in [2.45, 2.75) is 42.0 Å². The van der Waals surface area contributed by atoms with Crippen molar-refractivity contribution in [1.29, 1.82) is 0 Å². The Labute approximate surface area is 213 Å². The van der Waals surface area contributed by atoms with Crippen LogP contribution in [0.25, 0.3) is 11.3 Å². The quantitative estimate of drug-likeness (QED) is 0.453. The molecular weight excluding hydrogens is 533 g/mol. The highest BCUT2D eigenvalue weighted by atomic mass is 32.2. The molecule has 1 saturated heterocycles. The third-order valence-corrected chi connectivity index (χ3v) is 9.19. The van der Waals surface area contributed by atoms with Crippen LogP contribution >= 0.6 is 11.3 Å². The summed E-state index contributed by atoms with van der Waals surface area (Å²) in [4.78, 5) is 29.0. The van der Waals surface area contributed by atoms with E-state index in [1.807, 2.05) is 0 Å². The van der Waals surface area contributed by atoms with E-state index in [4.69, 9.17) is 10.5 Å². The molecule has 3 aromatic rings. The number of nitrogens with two attached hydrogens (primary N) is 1. The summed E-state index contributed by atoms with van der Waals surface area (Å²) in [6, 6.07) is 3.10. The molecule has 10 nitrogen and oxygen atoms in total. The first-order valence-corrected chi connectivity index (χ1v) is 13.6. The van der Waals surface area contributed by atoms with Crippen LogP contribution in [0.4, 0.5) is 18.3 Å². The Morgan fingerprint density at radius 2 is 1.97 bits per heavy atom. The van der Waals surface area contributed by atoms with Crippen molar-refractivity contribution in [3.63, 3.8) is 0 Å². The number of hydrogen-bond acceptors (Lipinski definition) is 9. The van der Waals surface area contributed by atoms with Crippen molar-refractivity contribution in [3.05, 3.63) is 53.2 Å². The van der Waals surface area contributed by atoms with Crippen molar-refractivity contribution in [2.24, 2.45) is 5.73 Å². The number of aromatic nitrogens is 4. The molecule has 0 spiro atoms. The lowest BCUT2D eigenvalue weighted by molar-refractivity contribution is -0.141. The van der Waals surface area contributed by atoms with Gasteiger partial charge in [0.05, 0.1) is 35.6 Å².